The minimum Gasteiger partial charge on any atom is -0.310 e. The van der Waals surface area contributed by atoms with Crippen LogP contribution in [0.3, 0.4) is 0 Å². The molecule has 0 saturated carbocycles. The zero-order valence-corrected chi connectivity index (χ0v) is 7.88. The predicted molar refractivity (Wildman–Crippen MR) is 53.0 cm³/mol. The predicted octanol–water partition coefficient (Wildman–Crippen LogP) is 2.57. The van der Waals surface area contributed by atoms with Gasteiger partial charge in [-0.25, -0.2) is 0 Å². The van der Waals surface area contributed by atoms with Crippen LogP contribution in [0.2, 0.25) is 0 Å². The van der Waals surface area contributed by atoms with Crippen molar-refractivity contribution in [3.63, 3.8) is 0 Å². The third-order valence-corrected chi connectivity index (χ3v) is 2.11. The lowest BCUT2D eigenvalue weighted by Crippen LogP contribution is -2.24. The second-order valence-electron chi connectivity index (χ2n) is 3.18. The first kappa shape index (κ1) is 9.27. The van der Waals surface area contributed by atoms with Gasteiger partial charge in [0.05, 0.1) is 0 Å². The van der Waals surface area contributed by atoms with Gasteiger partial charge < -0.3 is 5.32 Å². The lowest BCUT2D eigenvalue weighted by atomic mass is 10.2. The highest BCUT2D eigenvalue weighted by atomic mass is 14.9. The molecule has 0 aliphatic carbocycles. The highest BCUT2D eigenvalue weighted by Gasteiger charge is 1.96. The molecule has 1 rings (SSSR count). The summed E-state index contributed by atoms with van der Waals surface area (Å²) in [5, 5.41) is 3.45. The zero-order valence-electron chi connectivity index (χ0n) is 7.88. The van der Waals surface area contributed by atoms with E-state index in [1.807, 2.05) is 6.07 Å². The Morgan fingerprint density at radius 3 is 2.50 bits per heavy atom. The van der Waals surface area contributed by atoms with Crippen LogP contribution < -0.4 is 5.32 Å². The molecule has 0 amide bonds. The Labute approximate surface area is 74.8 Å². The molecule has 1 atom stereocenters. The standard InChI is InChI=1S/C11H17N/c1-3-10(2)12-9-11-7-5-4-6-8-11/h4-8,10,12H,3,9H2,1-2H3. The second kappa shape index (κ2) is 4.94. The maximum absolute atomic E-state index is 3.45. The van der Waals surface area contributed by atoms with Gasteiger partial charge in [0.1, 0.15) is 0 Å². The molecule has 66 valence electrons. The van der Waals surface area contributed by atoms with Crippen LogP contribution in [0.5, 0.6) is 0 Å². The molecule has 0 aliphatic rings. The van der Waals surface area contributed by atoms with Crippen molar-refractivity contribution in [3.05, 3.63) is 35.9 Å². The molecule has 0 aromatic heterocycles. The summed E-state index contributed by atoms with van der Waals surface area (Å²) in [5.41, 5.74) is 1.36. The number of hydrogen-bond acceptors (Lipinski definition) is 1. The monoisotopic (exact) mass is 163 g/mol. The summed E-state index contributed by atoms with van der Waals surface area (Å²) in [6.45, 7) is 5.39. The van der Waals surface area contributed by atoms with Gasteiger partial charge in [-0.05, 0) is 18.9 Å². The first-order chi connectivity index (χ1) is 5.83. The average molecular weight is 163 g/mol. The summed E-state index contributed by atoms with van der Waals surface area (Å²) >= 11 is 0. The molecule has 0 bridgehead atoms. The van der Waals surface area contributed by atoms with Crippen molar-refractivity contribution in [3.8, 4) is 0 Å². The molecule has 12 heavy (non-hydrogen) atoms. The largest absolute Gasteiger partial charge is 0.310 e. The van der Waals surface area contributed by atoms with Crippen LogP contribution >= 0.6 is 0 Å². The number of hydrogen-bond donors (Lipinski definition) is 1. The van der Waals surface area contributed by atoms with Crippen molar-refractivity contribution in [1.29, 1.82) is 0 Å². The minimum atomic E-state index is 0.616. The van der Waals surface area contributed by atoms with Gasteiger partial charge in [0.2, 0.25) is 0 Å². The second-order valence-corrected chi connectivity index (χ2v) is 3.18. The Hall–Kier alpha value is -0.820. The maximum atomic E-state index is 3.45. The van der Waals surface area contributed by atoms with Crippen LogP contribution in [0.4, 0.5) is 0 Å². The summed E-state index contributed by atoms with van der Waals surface area (Å²) in [6, 6.07) is 11.1. The SMILES string of the molecule is CCC(C)NCc1ccccc1. The van der Waals surface area contributed by atoms with Crippen molar-refractivity contribution >= 4 is 0 Å². The fourth-order valence-corrected chi connectivity index (χ4v) is 1.03. The van der Waals surface area contributed by atoms with Gasteiger partial charge in [0.15, 0.2) is 0 Å². The lowest BCUT2D eigenvalue weighted by molar-refractivity contribution is 0.534. The van der Waals surface area contributed by atoms with Gasteiger partial charge in [-0.1, -0.05) is 37.3 Å². The van der Waals surface area contributed by atoms with E-state index in [1.165, 1.54) is 12.0 Å². The van der Waals surface area contributed by atoms with Crippen LogP contribution in [0.1, 0.15) is 25.8 Å². The molecule has 0 heterocycles. The van der Waals surface area contributed by atoms with Gasteiger partial charge in [-0.15, -0.1) is 0 Å². The molecule has 1 aromatic carbocycles. The molecule has 0 saturated heterocycles. The highest BCUT2D eigenvalue weighted by Crippen LogP contribution is 1.98. The number of benzene rings is 1. The van der Waals surface area contributed by atoms with E-state index in [0.717, 1.165) is 6.54 Å². The molecule has 0 radical (unpaired) electrons. The van der Waals surface area contributed by atoms with Gasteiger partial charge in [-0.3, -0.25) is 0 Å². The quantitative estimate of drug-likeness (QED) is 0.719. The Bertz CT molecular complexity index is 206. The summed E-state index contributed by atoms with van der Waals surface area (Å²) in [7, 11) is 0. The van der Waals surface area contributed by atoms with Crippen molar-refractivity contribution in [2.24, 2.45) is 0 Å². The average Bonchev–Trinajstić information content (AvgIpc) is 2.16. The third-order valence-electron chi connectivity index (χ3n) is 2.11. The minimum absolute atomic E-state index is 0.616. The Morgan fingerprint density at radius 1 is 1.25 bits per heavy atom. The zero-order chi connectivity index (χ0) is 8.81. The molecular formula is C11H17N. The summed E-state index contributed by atoms with van der Waals surface area (Å²) < 4.78 is 0. The summed E-state index contributed by atoms with van der Waals surface area (Å²) in [5.74, 6) is 0. The van der Waals surface area contributed by atoms with Crippen LogP contribution in [-0.4, -0.2) is 6.04 Å². The number of rotatable bonds is 4. The summed E-state index contributed by atoms with van der Waals surface area (Å²) in [4.78, 5) is 0. The van der Waals surface area contributed by atoms with Crippen LogP contribution in [0, 0.1) is 0 Å². The van der Waals surface area contributed by atoms with E-state index in [4.69, 9.17) is 0 Å². The molecule has 1 N–H and O–H groups in total. The van der Waals surface area contributed by atoms with E-state index in [9.17, 15) is 0 Å². The van der Waals surface area contributed by atoms with Crippen LogP contribution in [-0.2, 0) is 6.54 Å². The Morgan fingerprint density at radius 2 is 1.92 bits per heavy atom. The molecular weight excluding hydrogens is 146 g/mol. The van der Waals surface area contributed by atoms with E-state index in [2.05, 4.69) is 43.4 Å². The van der Waals surface area contributed by atoms with Gasteiger partial charge >= 0.3 is 0 Å². The maximum Gasteiger partial charge on any atom is 0.0207 e. The summed E-state index contributed by atoms with van der Waals surface area (Å²) in [6.07, 6.45) is 1.19. The van der Waals surface area contributed by atoms with E-state index < -0.39 is 0 Å². The topological polar surface area (TPSA) is 12.0 Å². The molecule has 0 aliphatic heterocycles. The Balaban J connectivity index is 2.33. The smallest absolute Gasteiger partial charge is 0.0207 e. The van der Waals surface area contributed by atoms with Gasteiger partial charge in [-0.2, -0.15) is 0 Å². The molecule has 0 spiro atoms. The number of nitrogens with one attached hydrogen (secondary N) is 1. The van der Waals surface area contributed by atoms with E-state index in [0.29, 0.717) is 6.04 Å². The molecule has 1 unspecified atom stereocenters. The first-order valence-corrected chi connectivity index (χ1v) is 4.60. The molecule has 1 aromatic rings. The molecule has 0 fully saturated rings. The van der Waals surface area contributed by atoms with E-state index >= 15 is 0 Å². The van der Waals surface area contributed by atoms with E-state index in [-0.39, 0.29) is 0 Å². The Kier molecular flexibility index (Phi) is 3.81. The molecule has 1 heteroatoms. The lowest BCUT2D eigenvalue weighted by Gasteiger charge is -2.10. The first-order valence-electron chi connectivity index (χ1n) is 4.60. The van der Waals surface area contributed by atoms with Crippen molar-refractivity contribution < 1.29 is 0 Å². The van der Waals surface area contributed by atoms with Gasteiger partial charge in [0.25, 0.3) is 0 Å². The fraction of sp³-hybridized carbons (Fsp3) is 0.455. The highest BCUT2D eigenvalue weighted by molar-refractivity contribution is 5.14. The van der Waals surface area contributed by atoms with E-state index in [1.54, 1.807) is 0 Å². The third kappa shape index (κ3) is 3.05. The fourth-order valence-electron chi connectivity index (χ4n) is 1.03. The van der Waals surface area contributed by atoms with Crippen molar-refractivity contribution in [2.75, 3.05) is 0 Å². The van der Waals surface area contributed by atoms with Gasteiger partial charge in [0, 0.05) is 12.6 Å². The van der Waals surface area contributed by atoms with Crippen LogP contribution in [0.15, 0.2) is 30.3 Å². The van der Waals surface area contributed by atoms with Crippen molar-refractivity contribution in [2.45, 2.75) is 32.9 Å². The van der Waals surface area contributed by atoms with Crippen LogP contribution in [0.25, 0.3) is 0 Å². The normalized spacial score (nSPS) is 12.8. The molecule has 1 nitrogen and oxygen atoms in total. The van der Waals surface area contributed by atoms with Crippen molar-refractivity contribution in [1.82, 2.24) is 5.32 Å².